The van der Waals surface area contributed by atoms with Gasteiger partial charge in [-0.1, -0.05) is 49.6 Å². The predicted octanol–water partition coefficient (Wildman–Crippen LogP) is 3.67. The zero-order chi connectivity index (χ0) is 14.5. The van der Waals surface area contributed by atoms with Crippen LogP contribution in [0.2, 0.25) is 0 Å². The van der Waals surface area contributed by atoms with Crippen molar-refractivity contribution in [3.8, 4) is 0 Å². The van der Waals surface area contributed by atoms with Crippen LogP contribution in [-0.2, 0) is 0 Å². The Kier molecular flexibility index (Phi) is 4.48. The number of nitrogens with one attached hydrogen (secondary N) is 1. The third-order valence-electron chi connectivity index (χ3n) is 3.05. The second-order valence-electron chi connectivity index (χ2n) is 4.67. The number of likely N-dealkylation sites (N-methyl/N-ethyl adjacent to an activating group) is 1. The van der Waals surface area contributed by atoms with Gasteiger partial charge in [-0.25, -0.2) is 4.99 Å². The third kappa shape index (κ3) is 3.22. The molecular weight excluding hydrogens is 253 g/mol. The summed E-state index contributed by atoms with van der Waals surface area (Å²) >= 11 is 0. The van der Waals surface area contributed by atoms with Crippen LogP contribution in [0.3, 0.4) is 0 Å². The van der Waals surface area contributed by atoms with E-state index in [-0.39, 0.29) is 6.17 Å². The highest BCUT2D eigenvalue weighted by molar-refractivity contribution is 5.91. The number of amidine groups is 1. The van der Waals surface area contributed by atoms with Crippen LogP contribution in [0.25, 0.3) is 0 Å². The molecule has 1 aromatic rings. The fourth-order valence-electron chi connectivity index (χ4n) is 2.16. The fraction of sp³-hybridized carbons (Fsp3) is 0.188. The number of benzene rings is 1. The summed E-state index contributed by atoms with van der Waals surface area (Å²) in [6, 6.07) is 7.58. The highest BCUT2D eigenvalue weighted by Crippen LogP contribution is 2.32. The average Bonchev–Trinajstić information content (AvgIpc) is 2.44. The van der Waals surface area contributed by atoms with E-state index in [1.807, 2.05) is 48.4 Å². The van der Waals surface area contributed by atoms with E-state index in [0.29, 0.717) is 6.54 Å². The number of fused-ring (bicyclic) bond motifs is 1. The van der Waals surface area contributed by atoms with Crippen LogP contribution in [0.4, 0.5) is 10.1 Å². The van der Waals surface area contributed by atoms with Gasteiger partial charge in [0.1, 0.15) is 6.17 Å². The van der Waals surface area contributed by atoms with Gasteiger partial charge in [-0.05, 0) is 18.7 Å². The number of aliphatic imine (C=N–C) groups is 1. The van der Waals surface area contributed by atoms with E-state index in [4.69, 9.17) is 0 Å². The Balaban J connectivity index is 2.18. The molecule has 1 heterocycles. The van der Waals surface area contributed by atoms with E-state index in [1.165, 1.54) is 0 Å². The molecule has 0 saturated heterocycles. The van der Waals surface area contributed by atoms with Gasteiger partial charge in [0.25, 0.3) is 6.09 Å². The van der Waals surface area contributed by atoms with Gasteiger partial charge < -0.3 is 5.32 Å². The molecule has 1 aliphatic heterocycles. The lowest BCUT2D eigenvalue weighted by Crippen LogP contribution is -2.30. The fourth-order valence-corrected chi connectivity index (χ4v) is 2.16. The van der Waals surface area contributed by atoms with Crippen LogP contribution in [0.1, 0.15) is 11.7 Å². The highest BCUT2D eigenvalue weighted by atomic mass is 19.1. The highest BCUT2D eigenvalue weighted by Gasteiger charge is 2.24. The molecule has 20 heavy (non-hydrogen) atoms. The molecule has 1 atom stereocenters. The van der Waals surface area contributed by atoms with Crippen LogP contribution in [-0.4, -0.2) is 24.6 Å². The Morgan fingerprint density at radius 1 is 1.50 bits per heavy atom. The van der Waals surface area contributed by atoms with E-state index in [1.54, 1.807) is 6.08 Å². The second kappa shape index (κ2) is 6.30. The van der Waals surface area contributed by atoms with Gasteiger partial charge in [0.15, 0.2) is 0 Å². The van der Waals surface area contributed by atoms with Crippen LogP contribution in [0, 0.1) is 0 Å². The third-order valence-corrected chi connectivity index (χ3v) is 3.05. The van der Waals surface area contributed by atoms with Crippen LogP contribution < -0.4 is 5.32 Å². The Labute approximate surface area is 118 Å². The normalized spacial score (nSPS) is 17.6. The van der Waals surface area contributed by atoms with Crippen molar-refractivity contribution in [2.45, 2.75) is 6.17 Å². The first kappa shape index (κ1) is 14.2. The summed E-state index contributed by atoms with van der Waals surface area (Å²) < 4.78 is 13.6. The molecule has 0 spiro atoms. The standard InChI is InChI=1S/C16H18FN3/c1-4-5-8-12(2)11-20(3)15-13-9-6-7-10-14(13)18-16(17)19-15/h4-10,15H,1-2,11H2,3H3,(H,18,19)/b8-5-. The molecule has 0 radical (unpaired) electrons. The quantitative estimate of drug-likeness (QED) is 0.653. The molecule has 0 saturated carbocycles. The zero-order valence-corrected chi connectivity index (χ0v) is 11.5. The molecule has 0 aromatic heterocycles. The zero-order valence-electron chi connectivity index (χ0n) is 11.5. The summed E-state index contributed by atoms with van der Waals surface area (Å²) in [5.74, 6) is 0. The minimum Gasteiger partial charge on any atom is -0.316 e. The number of hydrogen-bond acceptors (Lipinski definition) is 3. The molecule has 4 heteroatoms. The lowest BCUT2D eigenvalue weighted by molar-refractivity contribution is 0.273. The Bertz CT molecular complexity index is 575. The average molecular weight is 271 g/mol. The Hall–Kier alpha value is -2.20. The number of anilines is 1. The number of rotatable bonds is 5. The number of nitrogens with zero attached hydrogens (tertiary/aromatic N) is 2. The molecule has 0 bridgehead atoms. The lowest BCUT2D eigenvalue weighted by Gasteiger charge is -2.29. The monoisotopic (exact) mass is 271 g/mol. The maximum atomic E-state index is 13.6. The number of allylic oxidation sites excluding steroid dienone is 2. The van der Waals surface area contributed by atoms with Crippen molar-refractivity contribution in [3.05, 3.63) is 66.8 Å². The summed E-state index contributed by atoms with van der Waals surface area (Å²) in [7, 11) is 1.90. The molecule has 1 aromatic carbocycles. The first-order valence-electron chi connectivity index (χ1n) is 6.38. The van der Waals surface area contributed by atoms with Gasteiger partial charge in [-0.2, -0.15) is 4.39 Å². The Morgan fingerprint density at radius 2 is 2.25 bits per heavy atom. The molecule has 3 nitrogen and oxygen atoms in total. The first-order valence-corrected chi connectivity index (χ1v) is 6.38. The smallest absolute Gasteiger partial charge is 0.284 e. The minimum atomic E-state index is -0.562. The van der Waals surface area contributed by atoms with Crippen molar-refractivity contribution >= 4 is 11.8 Å². The SMILES string of the molecule is C=C/C=C\C(=C)CN(C)C1N=C(F)Nc2ccccc21. The van der Waals surface area contributed by atoms with Gasteiger partial charge in [-0.3, -0.25) is 4.90 Å². The number of halogens is 1. The molecular formula is C16H18FN3. The molecule has 0 aliphatic carbocycles. The maximum absolute atomic E-state index is 13.6. The molecule has 0 fully saturated rings. The van der Waals surface area contributed by atoms with Crippen molar-refractivity contribution < 1.29 is 4.39 Å². The molecule has 1 aliphatic rings. The minimum absolute atomic E-state index is 0.346. The largest absolute Gasteiger partial charge is 0.316 e. The van der Waals surface area contributed by atoms with Crippen LogP contribution in [0.15, 0.2) is 66.2 Å². The van der Waals surface area contributed by atoms with Crippen LogP contribution >= 0.6 is 0 Å². The van der Waals surface area contributed by atoms with Gasteiger partial charge >= 0.3 is 0 Å². The van der Waals surface area contributed by atoms with E-state index in [0.717, 1.165) is 16.8 Å². The Morgan fingerprint density at radius 3 is 3.00 bits per heavy atom. The van der Waals surface area contributed by atoms with Crippen LogP contribution in [0.5, 0.6) is 0 Å². The number of hydrogen-bond donors (Lipinski definition) is 1. The van der Waals surface area contributed by atoms with Crippen molar-refractivity contribution in [1.82, 2.24) is 4.90 Å². The topological polar surface area (TPSA) is 27.6 Å². The second-order valence-corrected chi connectivity index (χ2v) is 4.67. The van der Waals surface area contributed by atoms with E-state index in [9.17, 15) is 4.39 Å². The summed E-state index contributed by atoms with van der Waals surface area (Å²) in [6.45, 7) is 8.19. The molecule has 0 amide bonds. The van der Waals surface area contributed by atoms with Crippen molar-refractivity contribution in [2.24, 2.45) is 4.99 Å². The molecule has 2 rings (SSSR count). The molecule has 1 N–H and O–H groups in total. The van der Waals surface area contributed by atoms with E-state index >= 15 is 0 Å². The van der Waals surface area contributed by atoms with Crippen molar-refractivity contribution in [3.63, 3.8) is 0 Å². The maximum Gasteiger partial charge on any atom is 0.284 e. The summed E-state index contributed by atoms with van der Waals surface area (Å²) in [5.41, 5.74) is 2.63. The lowest BCUT2D eigenvalue weighted by atomic mass is 10.1. The van der Waals surface area contributed by atoms with Crippen molar-refractivity contribution in [2.75, 3.05) is 18.9 Å². The van der Waals surface area contributed by atoms with Gasteiger partial charge in [0, 0.05) is 17.8 Å². The van der Waals surface area contributed by atoms with Gasteiger partial charge in [0.2, 0.25) is 0 Å². The van der Waals surface area contributed by atoms with Gasteiger partial charge in [-0.15, -0.1) is 0 Å². The first-order chi connectivity index (χ1) is 9.61. The summed E-state index contributed by atoms with van der Waals surface area (Å²) in [5, 5.41) is 2.64. The van der Waals surface area contributed by atoms with Gasteiger partial charge in [0.05, 0.1) is 0 Å². The van der Waals surface area contributed by atoms with E-state index in [2.05, 4.69) is 23.5 Å². The number of para-hydroxylation sites is 1. The predicted molar refractivity (Wildman–Crippen MR) is 82.5 cm³/mol. The van der Waals surface area contributed by atoms with Crippen molar-refractivity contribution in [1.29, 1.82) is 0 Å². The summed E-state index contributed by atoms with van der Waals surface area (Å²) in [6.07, 6.45) is 4.50. The van der Waals surface area contributed by atoms with E-state index < -0.39 is 6.09 Å². The molecule has 104 valence electrons. The summed E-state index contributed by atoms with van der Waals surface area (Å²) in [4.78, 5) is 5.99. The molecule has 1 unspecified atom stereocenters.